The van der Waals surface area contributed by atoms with Crippen LogP contribution in [0.2, 0.25) is 0 Å². The van der Waals surface area contributed by atoms with E-state index < -0.39 is 67.4 Å². The molecule has 0 aromatic rings. The van der Waals surface area contributed by atoms with Gasteiger partial charge >= 0.3 is 5.97 Å². The number of aliphatic hydroxyl groups excluding tert-OH is 5. The van der Waals surface area contributed by atoms with E-state index in [-0.39, 0.29) is 19.4 Å². The van der Waals surface area contributed by atoms with Crippen LogP contribution in [0.25, 0.3) is 0 Å². The second-order valence-corrected chi connectivity index (χ2v) is 23.5. The normalized spacial score (nSPS) is 19.1. The minimum atomic E-state index is -1.63. The molecule has 1 aliphatic heterocycles. The number of aliphatic hydroxyl groups is 5. The van der Waals surface area contributed by atoms with E-state index >= 15 is 0 Å². The number of ether oxygens (including phenoxy) is 3. The predicted molar refractivity (Wildman–Crippen MR) is 361 cm³/mol. The summed E-state index contributed by atoms with van der Waals surface area (Å²) in [6, 6.07) is -1.04. The lowest BCUT2D eigenvalue weighted by Crippen LogP contribution is -2.61. The van der Waals surface area contributed by atoms with E-state index in [1.807, 2.05) is 6.08 Å². The standard InChI is InChI=1S/C75H127NO10/c1-4-7-10-13-16-19-22-25-27-29-31-33-34-35-36-37-39-41-43-45-48-51-54-57-60-63-70(80)86-73-72(82)71(81)69(64-77)85-75(73)84-65-66(67(78)61-58-55-52-49-46-24-21-18-15-12-9-6-3)76-74(83)68(79)62-59-56-53-50-47-44-42-40-38-32-30-28-26-23-20-17-14-11-8-5-2/h7,10,16-17,19-20,25-28,31-33,35-36,38,42,44,58,61,66-69,71-73,75,77-79,81-82H,4-6,8-9,11-15,18,21-24,29-30,34,37,39-41,43,45-57,59-60,62-65H2,1-3H3,(H,76,83)/b10-7-,19-16-,20-17-,27-25-,28-26-,33-31-,36-35-,38-32-,44-42-,61-58+. The highest BCUT2D eigenvalue weighted by atomic mass is 16.7. The van der Waals surface area contributed by atoms with Crippen molar-refractivity contribution in [2.24, 2.45) is 0 Å². The zero-order valence-corrected chi connectivity index (χ0v) is 54.6. The van der Waals surface area contributed by atoms with Crippen molar-refractivity contribution in [3.8, 4) is 0 Å². The molecule has 86 heavy (non-hydrogen) atoms. The van der Waals surface area contributed by atoms with Gasteiger partial charge in [-0.05, 0) is 116 Å². The summed E-state index contributed by atoms with van der Waals surface area (Å²) in [4.78, 5) is 26.7. The van der Waals surface area contributed by atoms with Crippen molar-refractivity contribution in [3.63, 3.8) is 0 Å². The number of carbonyl (C=O) groups is 2. The van der Waals surface area contributed by atoms with Gasteiger partial charge in [0.25, 0.3) is 0 Å². The molecule has 1 amide bonds. The van der Waals surface area contributed by atoms with E-state index in [0.717, 1.165) is 135 Å². The van der Waals surface area contributed by atoms with Gasteiger partial charge < -0.3 is 45.1 Å². The fourth-order valence-corrected chi connectivity index (χ4v) is 10.1. The first-order valence-corrected chi connectivity index (χ1v) is 34.8. The number of hydrogen-bond donors (Lipinski definition) is 6. The Morgan fingerprint density at radius 1 is 0.465 bits per heavy atom. The van der Waals surface area contributed by atoms with Gasteiger partial charge in [-0.2, -0.15) is 0 Å². The Hall–Kier alpha value is -3.94. The molecular formula is C75H127NO10. The second kappa shape index (κ2) is 61.3. The van der Waals surface area contributed by atoms with Crippen molar-refractivity contribution in [2.75, 3.05) is 13.2 Å². The van der Waals surface area contributed by atoms with Crippen molar-refractivity contribution in [3.05, 3.63) is 122 Å². The van der Waals surface area contributed by atoms with E-state index in [2.05, 4.69) is 135 Å². The third-order valence-electron chi connectivity index (χ3n) is 15.6. The highest BCUT2D eigenvalue weighted by Crippen LogP contribution is 2.26. The molecule has 11 heteroatoms. The number of rotatable bonds is 58. The fraction of sp³-hybridized carbons (Fsp3) is 0.707. The minimum absolute atomic E-state index is 0.107. The number of amides is 1. The van der Waals surface area contributed by atoms with E-state index in [0.29, 0.717) is 12.8 Å². The maximum Gasteiger partial charge on any atom is 0.306 e. The molecule has 0 aromatic heterocycles. The Morgan fingerprint density at radius 2 is 0.837 bits per heavy atom. The SMILES string of the molecule is CC/C=C\C/C=C\C/C=C\C/C=C\C/C=C\CCCCCCCCCCCC(=O)OC1C(OCC(NC(=O)C(O)CCCCCC/C=C\C/C=C\C/C=C\C/C=C\CCCCC)C(O)/C=C/CCCCCCCCCCCC)OC(CO)C(O)C1O. The van der Waals surface area contributed by atoms with Gasteiger partial charge in [0.2, 0.25) is 5.91 Å². The molecule has 1 heterocycles. The van der Waals surface area contributed by atoms with Gasteiger partial charge in [0.05, 0.1) is 25.4 Å². The second-order valence-electron chi connectivity index (χ2n) is 23.5. The summed E-state index contributed by atoms with van der Waals surface area (Å²) in [5.74, 6) is -1.22. The van der Waals surface area contributed by atoms with Crippen LogP contribution in [0.1, 0.15) is 278 Å². The van der Waals surface area contributed by atoms with Crippen LogP contribution in [0.5, 0.6) is 0 Å². The van der Waals surface area contributed by atoms with Gasteiger partial charge in [0, 0.05) is 6.42 Å². The van der Waals surface area contributed by atoms with E-state index in [1.165, 1.54) is 96.3 Å². The van der Waals surface area contributed by atoms with E-state index in [1.54, 1.807) is 6.08 Å². The van der Waals surface area contributed by atoms with Crippen LogP contribution in [0.3, 0.4) is 0 Å². The van der Waals surface area contributed by atoms with Gasteiger partial charge in [-0.25, -0.2) is 0 Å². The highest BCUT2D eigenvalue weighted by molar-refractivity contribution is 5.80. The summed E-state index contributed by atoms with van der Waals surface area (Å²) in [7, 11) is 0. The van der Waals surface area contributed by atoms with Crippen LogP contribution in [-0.2, 0) is 23.8 Å². The monoisotopic (exact) mass is 1200 g/mol. The summed E-state index contributed by atoms with van der Waals surface area (Å²) in [5.41, 5.74) is 0. The average molecular weight is 1200 g/mol. The third-order valence-corrected chi connectivity index (χ3v) is 15.6. The Morgan fingerprint density at radius 3 is 1.28 bits per heavy atom. The first kappa shape index (κ1) is 80.1. The Kier molecular flexibility index (Phi) is 57.1. The molecule has 492 valence electrons. The number of hydrogen-bond acceptors (Lipinski definition) is 10. The number of nitrogens with one attached hydrogen (secondary N) is 1. The van der Waals surface area contributed by atoms with Crippen molar-refractivity contribution in [1.82, 2.24) is 5.32 Å². The number of allylic oxidation sites excluding steroid dienone is 19. The molecule has 6 N–H and O–H groups in total. The molecule has 8 atom stereocenters. The zero-order valence-electron chi connectivity index (χ0n) is 54.6. The zero-order chi connectivity index (χ0) is 62.4. The molecule has 8 unspecified atom stereocenters. The molecule has 1 saturated heterocycles. The first-order valence-electron chi connectivity index (χ1n) is 34.8. The third kappa shape index (κ3) is 48.0. The largest absolute Gasteiger partial charge is 0.454 e. The summed E-state index contributed by atoms with van der Waals surface area (Å²) in [5, 5.41) is 57.2. The molecule has 0 aromatic carbocycles. The Balaban J connectivity index is 2.62. The van der Waals surface area contributed by atoms with E-state index in [9.17, 15) is 35.1 Å². The lowest BCUT2D eigenvalue weighted by Gasteiger charge is -2.41. The molecule has 0 spiro atoms. The Bertz CT molecular complexity index is 1860. The van der Waals surface area contributed by atoms with Crippen LogP contribution in [0.15, 0.2) is 122 Å². The summed E-state index contributed by atoms with van der Waals surface area (Å²) < 4.78 is 17.7. The van der Waals surface area contributed by atoms with Gasteiger partial charge in [-0.3, -0.25) is 9.59 Å². The maximum atomic E-state index is 13.5. The van der Waals surface area contributed by atoms with Gasteiger partial charge in [-0.15, -0.1) is 0 Å². The van der Waals surface area contributed by atoms with Crippen molar-refractivity contribution >= 4 is 11.9 Å². The smallest absolute Gasteiger partial charge is 0.306 e. The predicted octanol–water partition coefficient (Wildman–Crippen LogP) is 17.8. The average Bonchev–Trinajstić information content (AvgIpc) is 3.39. The molecule has 0 bridgehead atoms. The molecule has 1 rings (SSSR count). The van der Waals surface area contributed by atoms with Crippen molar-refractivity contribution in [2.45, 2.75) is 327 Å². The molecule has 0 saturated carbocycles. The molecular weight excluding hydrogens is 1070 g/mol. The Labute approximate surface area is 525 Å². The quantitative estimate of drug-likeness (QED) is 0.0195. The highest BCUT2D eigenvalue weighted by Gasteiger charge is 2.47. The molecule has 11 nitrogen and oxygen atoms in total. The van der Waals surface area contributed by atoms with Gasteiger partial charge in [-0.1, -0.05) is 277 Å². The summed E-state index contributed by atoms with van der Waals surface area (Å²) in [6.07, 6.45) is 75.1. The number of carbonyl (C=O) groups excluding carboxylic acids is 2. The van der Waals surface area contributed by atoms with Crippen LogP contribution < -0.4 is 5.32 Å². The number of esters is 1. The fourth-order valence-electron chi connectivity index (χ4n) is 10.1. The van der Waals surface area contributed by atoms with Crippen molar-refractivity contribution in [1.29, 1.82) is 0 Å². The lowest BCUT2D eigenvalue weighted by atomic mass is 9.99. The molecule has 1 aliphatic rings. The van der Waals surface area contributed by atoms with Crippen molar-refractivity contribution < 1.29 is 49.3 Å². The van der Waals surface area contributed by atoms with Crippen LogP contribution in [0.4, 0.5) is 0 Å². The van der Waals surface area contributed by atoms with Crippen LogP contribution >= 0.6 is 0 Å². The van der Waals surface area contributed by atoms with Gasteiger partial charge in [0.1, 0.15) is 24.4 Å². The molecule has 0 radical (unpaired) electrons. The van der Waals surface area contributed by atoms with Crippen LogP contribution in [-0.4, -0.2) is 99.6 Å². The van der Waals surface area contributed by atoms with E-state index in [4.69, 9.17) is 14.2 Å². The van der Waals surface area contributed by atoms with Gasteiger partial charge in [0.15, 0.2) is 12.4 Å². The molecule has 0 aliphatic carbocycles. The first-order chi connectivity index (χ1) is 42.2. The summed E-state index contributed by atoms with van der Waals surface area (Å²) >= 11 is 0. The minimum Gasteiger partial charge on any atom is -0.454 e. The number of unbranched alkanes of at least 4 members (excludes halogenated alkanes) is 26. The topological polar surface area (TPSA) is 175 Å². The van der Waals surface area contributed by atoms with Crippen LogP contribution in [0, 0.1) is 0 Å². The molecule has 1 fully saturated rings. The maximum absolute atomic E-state index is 13.5. The lowest BCUT2D eigenvalue weighted by molar-refractivity contribution is -0.305. The summed E-state index contributed by atoms with van der Waals surface area (Å²) in [6.45, 7) is 5.64.